The van der Waals surface area contributed by atoms with Gasteiger partial charge in [0.25, 0.3) is 0 Å². The number of carbonyl (C=O) groups excluding carboxylic acids is 1. The van der Waals surface area contributed by atoms with E-state index in [-0.39, 0.29) is 11.8 Å². The van der Waals surface area contributed by atoms with Crippen molar-refractivity contribution < 1.29 is 4.79 Å². The number of nitrogens with zero attached hydrogens (tertiary/aromatic N) is 1. The minimum atomic E-state index is 0.105. The third-order valence-corrected chi connectivity index (χ3v) is 3.20. The van der Waals surface area contributed by atoms with E-state index in [4.69, 9.17) is 0 Å². The van der Waals surface area contributed by atoms with Crippen LogP contribution < -0.4 is 5.43 Å². The Labute approximate surface area is 85.0 Å². The van der Waals surface area contributed by atoms with Gasteiger partial charge >= 0.3 is 0 Å². The van der Waals surface area contributed by atoms with Crippen LogP contribution in [0.25, 0.3) is 0 Å². The molecule has 1 heterocycles. The first kappa shape index (κ1) is 9.69. The lowest BCUT2D eigenvalue weighted by Crippen LogP contribution is -2.23. The average molecular weight is 194 g/mol. The van der Waals surface area contributed by atoms with E-state index in [9.17, 15) is 4.79 Å². The van der Waals surface area contributed by atoms with Crippen molar-refractivity contribution in [2.24, 2.45) is 11.0 Å². The Morgan fingerprint density at radius 1 is 1.07 bits per heavy atom. The van der Waals surface area contributed by atoms with Crippen LogP contribution in [0.3, 0.4) is 0 Å². The molecule has 1 N–H and O–H groups in total. The molecule has 0 spiro atoms. The van der Waals surface area contributed by atoms with E-state index >= 15 is 0 Å². The van der Waals surface area contributed by atoms with Crippen molar-refractivity contribution in [3.8, 4) is 0 Å². The van der Waals surface area contributed by atoms with E-state index in [0.29, 0.717) is 0 Å². The molecule has 0 aromatic rings. The maximum absolute atomic E-state index is 11.4. The van der Waals surface area contributed by atoms with Crippen molar-refractivity contribution in [2.45, 2.75) is 51.4 Å². The molecule has 1 atom stereocenters. The number of carbonyl (C=O) groups is 1. The van der Waals surface area contributed by atoms with Crippen LogP contribution in [0, 0.1) is 5.92 Å². The molecule has 1 aliphatic heterocycles. The van der Waals surface area contributed by atoms with Gasteiger partial charge in [0, 0.05) is 0 Å². The minimum Gasteiger partial charge on any atom is -0.272 e. The summed E-state index contributed by atoms with van der Waals surface area (Å²) in [4.78, 5) is 11.4. The van der Waals surface area contributed by atoms with Gasteiger partial charge in [0.05, 0.1) is 11.6 Å². The Balaban J connectivity index is 1.97. The standard InChI is InChI=1S/C11H18N2O/c14-11-9-7-5-3-1-2-4-6-8-10(9)12-13-11/h9H,1-8H2,(H,13,14). The largest absolute Gasteiger partial charge is 0.272 e. The summed E-state index contributed by atoms with van der Waals surface area (Å²) >= 11 is 0. The number of rotatable bonds is 0. The van der Waals surface area contributed by atoms with Crippen molar-refractivity contribution in [3.63, 3.8) is 0 Å². The molecule has 1 unspecified atom stereocenters. The summed E-state index contributed by atoms with van der Waals surface area (Å²) in [6.45, 7) is 0. The van der Waals surface area contributed by atoms with Crippen molar-refractivity contribution in [2.75, 3.05) is 0 Å². The van der Waals surface area contributed by atoms with Crippen LogP contribution in [0.2, 0.25) is 0 Å². The summed E-state index contributed by atoms with van der Waals surface area (Å²) in [7, 11) is 0. The minimum absolute atomic E-state index is 0.105. The van der Waals surface area contributed by atoms with E-state index < -0.39 is 0 Å². The number of amides is 1. The van der Waals surface area contributed by atoms with Gasteiger partial charge in [0.2, 0.25) is 5.91 Å². The molecular formula is C11H18N2O. The highest BCUT2D eigenvalue weighted by atomic mass is 16.2. The Hall–Kier alpha value is -0.860. The van der Waals surface area contributed by atoms with Crippen LogP contribution in [0.4, 0.5) is 0 Å². The highest BCUT2D eigenvalue weighted by molar-refractivity contribution is 6.07. The van der Waals surface area contributed by atoms with Gasteiger partial charge in [-0.3, -0.25) is 4.79 Å². The number of nitrogens with one attached hydrogen (secondary N) is 1. The van der Waals surface area contributed by atoms with Crippen LogP contribution in [0.1, 0.15) is 51.4 Å². The molecule has 14 heavy (non-hydrogen) atoms. The van der Waals surface area contributed by atoms with Gasteiger partial charge in [-0.15, -0.1) is 0 Å². The molecule has 0 saturated heterocycles. The monoisotopic (exact) mass is 194 g/mol. The molecule has 78 valence electrons. The zero-order valence-electron chi connectivity index (χ0n) is 8.59. The molecule has 0 radical (unpaired) electrons. The van der Waals surface area contributed by atoms with Gasteiger partial charge in [-0.1, -0.05) is 32.1 Å². The third kappa shape index (κ3) is 2.14. The molecule has 1 saturated carbocycles. The van der Waals surface area contributed by atoms with E-state index in [1.807, 2.05) is 0 Å². The first-order chi connectivity index (χ1) is 6.88. The molecule has 1 fully saturated rings. The predicted molar refractivity (Wildman–Crippen MR) is 56.0 cm³/mol. The Bertz CT molecular complexity index is 248. The van der Waals surface area contributed by atoms with Crippen LogP contribution in [0.5, 0.6) is 0 Å². The molecule has 1 aliphatic carbocycles. The summed E-state index contributed by atoms with van der Waals surface area (Å²) < 4.78 is 0. The van der Waals surface area contributed by atoms with Crippen LogP contribution in [0.15, 0.2) is 5.10 Å². The smallest absolute Gasteiger partial charge is 0.248 e. The van der Waals surface area contributed by atoms with Crippen molar-refractivity contribution in [1.29, 1.82) is 0 Å². The van der Waals surface area contributed by atoms with E-state index in [1.165, 1.54) is 38.5 Å². The van der Waals surface area contributed by atoms with Crippen LogP contribution >= 0.6 is 0 Å². The first-order valence-corrected chi connectivity index (χ1v) is 5.74. The molecule has 0 aromatic heterocycles. The van der Waals surface area contributed by atoms with Crippen LogP contribution in [-0.2, 0) is 4.79 Å². The van der Waals surface area contributed by atoms with Gasteiger partial charge in [-0.05, 0) is 19.3 Å². The van der Waals surface area contributed by atoms with Gasteiger partial charge < -0.3 is 0 Å². The Kier molecular flexibility index (Phi) is 3.17. The fourth-order valence-corrected chi connectivity index (χ4v) is 2.32. The highest BCUT2D eigenvalue weighted by Crippen LogP contribution is 2.22. The molecule has 3 heteroatoms. The summed E-state index contributed by atoms with van der Waals surface area (Å²) in [5.74, 6) is 0.230. The summed E-state index contributed by atoms with van der Waals surface area (Å²) in [5, 5.41) is 4.13. The second-order valence-corrected chi connectivity index (χ2v) is 4.29. The van der Waals surface area contributed by atoms with E-state index in [1.54, 1.807) is 0 Å². The van der Waals surface area contributed by atoms with Crippen molar-refractivity contribution >= 4 is 11.6 Å². The molecule has 1 amide bonds. The molecule has 2 rings (SSSR count). The Morgan fingerprint density at radius 3 is 2.64 bits per heavy atom. The van der Waals surface area contributed by atoms with E-state index in [0.717, 1.165) is 18.6 Å². The zero-order chi connectivity index (χ0) is 9.80. The van der Waals surface area contributed by atoms with E-state index in [2.05, 4.69) is 10.5 Å². The normalized spacial score (nSPS) is 29.0. The quantitative estimate of drug-likeness (QED) is 0.631. The molecular weight excluding hydrogens is 176 g/mol. The molecule has 0 aromatic carbocycles. The topological polar surface area (TPSA) is 41.5 Å². The summed E-state index contributed by atoms with van der Waals surface area (Å²) in [6, 6.07) is 0. The van der Waals surface area contributed by atoms with Crippen LogP contribution in [-0.4, -0.2) is 11.6 Å². The van der Waals surface area contributed by atoms with Gasteiger partial charge in [-0.25, -0.2) is 5.43 Å². The number of hydrazone groups is 1. The maximum Gasteiger partial charge on any atom is 0.248 e. The lowest BCUT2D eigenvalue weighted by Gasteiger charge is -2.12. The van der Waals surface area contributed by atoms with Crippen molar-refractivity contribution in [1.82, 2.24) is 5.43 Å². The highest BCUT2D eigenvalue weighted by Gasteiger charge is 2.28. The van der Waals surface area contributed by atoms with Gasteiger partial charge in [-0.2, -0.15) is 5.10 Å². The summed E-state index contributed by atoms with van der Waals surface area (Å²) in [6.07, 6.45) is 9.65. The van der Waals surface area contributed by atoms with Gasteiger partial charge in [0.1, 0.15) is 0 Å². The molecule has 2 aliphatic rings. The second kappa shape index (κ2) is 4.58. The van der Waals surface area contributed by atoms with Gasteiger partial charge in [0.15, 0.2) is 0 Å². The predicted octanol–water partition coefficient (Wildman–Crippen LogP) is 2.22. The first-order valence-electron chi connectivity index (χ1n) is 5.74. The maximum atomic E-state index is 11.4. The fraction of sp³-hybridized carbons (Fsp3) is 0.818. The second-order valence-electron chi connectivity index (χ2n) is 4.29. The molecule has 3 nitrogen and oxygen atoms in total. The lowest BCUT2D eigenvalue weighted by atomic mass is 9.91. The Morgan fingerprint density at radius 2 is 1.79 bits per heavy atom. The summed E-state index contributed by atoms with van der Waals surface area (Å²) in [5.41, 5.74) is 3.72. The number of fused-ring (bicyclic) bond motifs is 1. The molecule has 0 bridgehead atoms. The number of hydrogen-bond donors (Lipinski definition) is 1. The fourth-order valence-electron chi connectivity index (χ4n) is 2.32. The SMILES string of the molecule is O=C1NN=C2CCCCCCCCC12. The lowest BCUT2D eigenvalue weighted by molar-refractivity contribution is -0.122. The number of hydrogen-bond acceptors (Lipinski definition) is 2. The van der Waals surface area contributed by atoms with Crippen molar-refractivity contribution in [3.05, 3.63) is 0 Å². The average Bonchev–Trinajstić information content (AvgIpc) is 2.55. The third-order valence-electron chi connectivity index (χ3n) is 3.20. The zero-order valence-corrected chi connectivity index (χ0v) is 8.59.